The van der Waals surface area contributed by atoms with E-state index in [-0.39, 0.29) is 0 Å². The molecule has 0 aliphatic carbocycles. The monoisotopic (exact) mass is 136 g/mol. The molecule has 0 heterocycles. The zero-order valence-electron chi connectivity index (χ0n) is 2.59. The van der Waals surface area contributed by atoms with Crippen LogP contribution in [0.25, 0.3) is 0 Å². The average molecular weight is 137 g/mol. The van der Waals surface area contributed by atoms with Crippen LogP contribution in [-0.2, 0) is 0 Å². The predicted molar refractivity (Wildman–Crippen MR) is 25.4 cm³/mol. The summed E-state index contributed by atoms with van der Waals surface area (Å²) in [4.78, 5) is 1.16. The molecule has 0 N–H and O–H groups in total. The molecule has 0 unspecified atom stereocenters. The molecule has 0 fully saturated rings. The molecule has 0 aromatic rings. The summed E-state index contributed by atoms with van der Waals surface area (Å²) >= 11 is 3.26. The Hall–Kier alpha value is 0.697. The van der Waals surface area contributed by atoms with Gasteiger partial charge in [0.15, 0.2) is 0 Å². The maximum Gasteiger partial charge on any atom is 0.0480 e. The van der Waals surface area contributed by atoms with Crippen molar-refractivity contribution in [2.24, 2.45) is 0 Å². The SMILES string of the molecule is C[Si]CBr. The van der Waals surface area contributed by atoms with Gasteiger partial charge in [-0.15, -0.1) is 0 Å². The van der Waals surface area contributed by atoms with Crippen LogP contribution in [0.3, 0.4) is 0 Å². The first-order chi connectivity index (χ1) is 1.91. The predicted octanol–water partition coefficient (Wildman–Crippen LogP) is 1.09. The number of rotatable bonds is 1. The summed E-state index contributed by atoms with van der Waals surface area (Å²) in [6, 6.07) is 0. The highest BCUT2D eigenvalue weighted by atomic mass is 79.9. The number of hydrogen-bond donors (Lipinski definition) is 0. The van der Waals surface area contributed by atoms with Gasteiger partial charge in [0.25, 0.3) is 0 Å². The standard InChI is InChI=1S/C2H5BrSi/c1-4-2-3/h2H2,1H3. The highest BCUT2D eigenvalue weighted by Crippen LogP contribution is 1.69. The van der Waals surface area contributed by atoms with Crippen molar-refractivity contribution < 1.29 is 0 Å². The summed E-state index contributed by atoms with van der Waals surface area (Å²) in [6.45, 7) is 2.16. The van der Waals surface area contributed by atoms with Crippen LogP contribution < -0.4 is 0 Å². The summed E-state index contributed by atoms with van der Waals surface area (Å²) < 4.78 is 0. The van der Waals surface area contributed by atoms with Gasteiger partial charge >= 0.3 is 0 Å². The Balaban J connectivity index is 1.97. The van der Waals surface area contributed by atoms with Crippen LogP contribution in [-0.4, -0.2) is 14.5 Å². The van der Waals surface area contributed by atoms with Crippen molar-refractivity contribution in [1.29, 1.82) is 0 Å². The van der Waals surface area contributed by atoms with Crippen molar-refractivity contribution in [3.8, 4) is 0 Å². The lowest BCUT2D eigenvalue weighted by molar-refractivity contribution is 2.10. The lowest BCUT2D eigenvalue weighted by Gasteiger charge is -1.63. The lowest BCUT2D eigenvalue weighted by Crippen LogP contribution is -1.75. The van der Waals surface area contributed by atoms with Gasteiger partial charge in [-0.05, 0) is 4.95 Å². The molecular weight excluding hydrogens is 132 g/mol. The third-order valence-electron chi connectivity index (χ3n) is 0.134. The Morgan fingerprint density at radius 1 is 2.00 bits per heavy atom. The highest BCUT2D eigenvalue weighted by molar-refractivity contribution is 9.09. The smallest absolute Gasteiger partial charge is 0.0480 e. The van der Waals surface area contributed by atoms with Crippen LogP contribution in [0.2, 0.25) is 6.55 Å². The van der Waals surface area contributed by atoms with E-state index in [2.05, 4.69) is 22.5 Å². The van der Waals surface area contributed by atoms with E-state index in [1.807, 2.05) is 0 Å². The Labute approximate surface area is 37.5 Å². The molecule has 0 aromatic carbocycles. The first-order valence-corrected chi connectivity index (χ1v) is 3.95. The molecule has 0 atom stereocenters. The molecule has 0 amide bonds. The van der Waals surface area contributed by atoms with Crippen LogP contribution in [0.1, 0.15) is 0 Å². The first kappa shape index (κ1) is 4.70. The molecule has 2 heteroatoms. The number of halogens is 1. The van der Waals surface area contributed by atoms with Crippen LogP contribution in [0.4, 0.5) is 0 Å². The quantitative estimate of drug-likeness (QED) is 0.375. The molecule has 24 valence electrons. The van der Waals surface area contributed by atoms with E-state index < -0.39 is 0 Å². The number of hydrogen-bond acceptors (Lipinski definition) is 0. The van der Waals surface area contributed by atoms with Crippen molar-refractivity contribution in [2.75, 3.05) is 4.95 Å². The van der Waals surface area contributed by atoms with Gasteiger partial charge in [-0.3, -0.25) is 0 Å². The second-order valence-corrected chi connectivity index (χ2v) is 3.14. The normalized spacial score (nSPS) is 7.50. The largest absolute Gasteiger partial charge is 0.0968 e. The Bertz CT molecular complexity index is 8.00. The minimum Gasteiger partial charge on any atom is -0.0968 e. The highest BCUT2D eigenvalue weighted by Gasteiger charge is 1.61. The van der Waals surface area contributed by atoms with Gasteiger partial charge in [0.2, 0.25) is 0 Å². The van der Waals surface area contributed by atoms with Crippen LogP contribution >= 0.6 is 15.9 Å². The maximum absolute atomic E-state index is 3.26. The van der Waals surface area contributed by atoms with Gasteiger partial charge in [-0.2, -0.15) is 0 Å². The Morgan fingerprint density at radius 2 is 2.25 bits per heavy atom. The summed E-state index contributed by atoms with van der Waals surface area (Å²) in [5, 5.41) is 0. The van der Waals surface area contributed by atoms with Gasteiger partial charge < -0.3 is 0 Å². The Morgan fingerprint density at radius 3 is 2.25 bits per heavy atom. The van der Waals surface area contributed by atoms with E-state index >= 15 is 0 Å². The van der Waals surface area contributed by atoms with Crippen molar-refractivity contribution >= 4 is 25.4 Å². The summed E-state index contributed by atoms with van der Waals surface area (Å²) in [5.41, 5.74) is 0. The molecule has 0 aliphatic rings. The zero-order chi connectivity index (χ0) is 3.41. The fraction of sp³-hybridized carbons (Fsp3) is 1.00. The van der Waals surface area contributed by atoms with Gasteiger partial charge in [0.05, 0.1) is 0 Å². The summed E-state index contributed by atoms with van der Waals surface area (Å²) in [6.07, 6.45) is 0. The second kappa shape index (κ2) is 3.70. The van der Waals surface area contributed by atoms with Crippen LogP contribution in [0, 0.1) is 0 Å². The molecule has 0 rings (SSSR count). The van der Waals surface area contributed by atoms with E-state index in [4.69, 9.17) is 0 Å². The molecule has 0 aliphatic heterocycles. The topological polar surface area (TPSA) is 0 Å². The van der Waals surface area contributed by atoms with Gasteiger partial charge in [-0.25, -0.2) is 0 Å². The van der Waals surface area contributed by atoms with Gasteiger partial charge in [0.1, 0.15) is 0 Å². The van der Waals surface area contributed by atoms with E-state index in [9.17, 15) is 0 Å². The Kier molecular flexibility index (Phi) is 4.34. The van der Waals surface area contributed by atoms with E-state index in [0.717, 1.165) is 14.5 Å². The third-order valence-corrected chi connectivity index (χ3v) is 2.08. The minimum atomic E-state index is 1.06. The van der Waals surface area contributed by atoms with Gasteiger partial charge in [-0.1, -0.05) is 22.5 Å². The molecule has 2 radical (unpaired) electrons. The molecule has 0 aromatic heterocycles. The van der Waals surface area contributed by atoms with Crippen LogP contribution in [0.5, 0.6) is 0 Å². The average Bonchev–Trinajstić information content (AvgIpc) is 1.37. The maximum atomic E-state index is 3.26. The van der Waals surface area contributed by atoms with E-state index in [1.54, 1.807) is 0 Å². The molecule has 4 heavy (non-hydrogen) atoms. The fourth-order valence-corrected chi connectivity index (χ4v) is 0. The minimum absolute atomic E-state index is 1.06. The van der Waals surface area contributed by atoms with E-state index in [0.29, 0.717) is 0 Å². The zero-order valence-corrected chi connectivity index (χ0v) is 5.17. The summed E-state index contributed by atoms with van der Waals surface area (Å²) in [7, 11) is 1.06. The van der Waals surface area contributed by atoms with Gasteiger partial charge in [0, 0.05) is 9.52 Å². The number of alkyl halides is 1. The molecule has 0 spiro atoms. The molecule has 0 bridgehead atoms. The molecule has 0 saturated heterocycles. The fourth-order valence-electron chi connectivity index (χ4n) is 0. The first-order valence-electron chi connectivity index (χ1n) is 1.12. The summed E-state index contributed by atoms with van der Waals surface area (Å²) in [5.74, 6) is 0. The third kappa shape index (κ3) is 2.70. The van der Waals surface area contributed by atoms with Crippen molar-refractivity contribution in [1.82, 2.24) is 0 Å². The molecule has 0 saturated carbocycles. The molecular formula is C2H5BrSi. The second-order valence-electron chi connectivity index (χ2n) is 0.487. The lowest BCUT2D eigenvalue weighted by atomic mass is 11.9. The van der Waals surface area contributed by atoms with Crippen molar-refractivity contribution in [3.05, 3.63) is 0 Å². The van der Waals surface area contributed by atoms with Crippen molar-refractivity contribution in [2.45, 2.75) is 6.55 Å². The van der Waals surface area contributed by atoms with Crippen molar-refractivity contribution in [3.63, 3.8) is 0 Å². The van der Waals surface area contributed by atoms with Crippen LogP contribution in [0.15, 0.2) is 0 Å². The molecule has 0 nitrogen and oxygen atoms in total. The van der Waals surface area contributed by atoms with E-state index in [1.165, 1.54) is 0 Å².